The molecule has 1 heterocycles. The quantitative estimate of drug-likeness (QED) is 0.681. The van der Waals surface area contributed by atoms with Crippen LogP contribution in [0.5, 0.6) is 0 Å². The minimum atomic E-state index is 0.0648. The second-order valence-corrected chi connectivity index (χ2v) is 4.00. The van der Waals surface area contributed by atoms with Crippen LogP contribution in [0.1, 0.15) is 12.8 Å². The number of likely N-dealkylation sites (N-methyl/N-ethyl adjacent to an activating group) is 2. The molecular formula is C10H21N3O. The minimum absolute atomic E-state index is 0.0648. The standard InChI is InChI=1S/C10H21N3O/c1-11-6-5-9-10(14)13(3)8-4-7-12(9)2/h9,11H,4-8H2,1-3H3. The van der Waals surface area contributed by atoms with Crippen LogP contribution in [0, 0.1) is 0 Å². The van der Waals surface area contributed by atoms with Crippen LogP contribution >= 0.6 is 0 Å². The highest BCUT2D eigenvalue weighted by Gasteiger charge is 2.27. The Morgan fingerprint density at radius 2 is 2.14 bits per heavy atom. The van der Waals surface area contributed by atoms with Crippen molar-refractivity contribution in [2.75, 3.05) is 40.8 Å². The average Bonchev–Trinajstić information content (AvgIpc) is 2.27. The lowest BCUT2D eigenvalue weighted by molar-refractivity contribution is -0.133. The van der Waals surface area contributed by atoms with Crippen LogP contribution in [0.3, 0.4) is 0 Å². The molecule has 1 fully saturated rings. The van der Waals surface area contributed by atoms with E-state index in [4.69, 9.17) is 0 Å². The monoisotopic (exact) mass is 199 g/mol. The maximum atomic E-state index is 11.9. The van der Waals surface area contributed by atoms with E-state index in [1.165, 1.54) is 0 Å². The fourth-order valence-electron chi connectivity index (χ4n) is 1.89. The Morgan fingerprint density at radius 3 is 2.79 bits per heavy atom. The average molecular weight is 199 g/mol. The number of nitrogens with zero attached hydrogens (tertiary/aromatic N) is 2. The van der Waals surface area contributed by atoms with Crippen molar-refractivity contribution in [3.63, 3.8) is 0 Å². The van der Waals surface area contributed by atoms with Gasteiger partial charge in [-0.25, -0.2) is 0 Å². The Morgan fingerprint density at radius 1 is 1.43 bits per heavy atom. The summed E-state index contributed by atoms with van der Waals surface area (Å²) in [6.07, 6.45) is 1.98. The summed E-state index contributed by atoms with van der Waals surface area (Å²) in [5.41, 5.74) is 0. The summed E-state index contributed by atoms with van der Waals surface area (Å²) in [6.45, 7) is 2.80. The molecular weight excluding hydrogens is 178 g/mol. The molecule has 0 bridgehead atoms. The highest BCUT2D eigenvalue weighted by molar-refractivity contribution is 5.81. The highest BCUT2D eigenvalue weighted by atomic mass is 16.2. The van der Waals surface area contributed by atoms with Crippen molar-refractivity contribution in [1.82, 2.24) is 15.1 Å². The van der Waals surface area contributed by atoms with E-state index in [-0.39, 0.29) is 11.9 Å². The van der Waals surface area contributed by atoms with Gasteiger partial charge in [-0.15, -0.1) is 0 Å². The maximum absolute atomic E-state index is 11.9. The zero-order valence-corrected chi connectivity index (χ0v) is 9.42. The summed E-state index contributed by atoms with van der Waals surface area (Å²) >= 11 is 0. The molecule has 14 heavy (non-hydrogen) atoms. The second-order valence-electron chi connectivity index (χ2n) is 4.00. The summed E-state index contributed by atoms with van der Waals surface area (Å²) < 4.78 is 0. The predicted molar refractivity (Wildman–Crippen MR) is 57.2 cm³/mol. The number of amides is 1. The van der Waals surface area contributed by atoms with E-state index < -0.39 is 0 Å². The van der Waals surface area contributed by atoms with Crippen molar-refractivity contribution in [3.8, 4) is 0 Å². The zero-order chi connectivity index (χ0) is 10.6. The Bertz CT molecular complexity index is 196. The number of hydrogen-bond donors (Lipinski definition) is 1. The Balaban J connectivity index is 2.59. The van der Waals surface area contributed by atoms with Crippen LogP contribution in [0.4, 0.5) is 0 Å². The Labute approximate surface area is 86.2 Å². The molecule has 0 aromatic heterocycles. The Kier molecular flexibility index (Phi) is 4.35. The van der Waals surface area contributed by atoms with Crippen LogP contribution in [-0.2, 0) is 4.79 Å². The van der Waals surface area contributed by atoms with Crippen LogP contribution in [0.2, 0.25) is 0 Å². The van der Waals surface area contributed by atoms with Gasteiger partial charge in [0.2, 0.25) is 5.91 Å². The molecule has 1 aliphatic heterocycles. The summed E-state index contributed by atoms with van der Waals surface area (Å²) in [4.78, 5) is 15.9. The smallest absolute Gasteiger partial charge is 0.239 e. The van der Waals surface area contributed by atoms with Gasteiger partial charge in [0, 0.05) is 20.1 Å². The fourth-order valence-corrected chi connectivity index (χ4v) is 1.89. The maximum Gasteiger partial charge on any atom is 0.239 e. The second kappa shape index (κ2) is 5.32. The third-order valence-electron chi connectivity index (χ3n) is 2.87. The van der Waals surface area contributed by atoms with E-state index >= 15 is 0 Å². The van der Waals surface area contributed by atoms with E-state index in [0.29, 0.717) is 0 Å². The molecule has 0 aromatic rings. The summed E-state index contributed by atoms with van der Waals surface area (Å²) in [5, 5.41) is 3.09. The first-order chi connectivity index (χ1) is 6.66. The molecule has 4 nitrogen and oxygen atoms in total. The molecule has 1 rings (SSSR count). The normalized spacial score (nSPS) is 25.2. The van der Waals surface area contributed by atoms with Gasteiger partial charge in [0.1, 0.15) is 0 Å². The molecule has 1 saturated heterocycles. The van der Waals surface area contributed by atoms with Crippen LogP contribution in [-0.4, -0.2) is 62.5 Å². The van der Waals surface area contributed by atoms with Crippen molar-refractivity contribution in [3.05, 3.63) is 0 Å². The van der Waals surface area contributed by atoms with E-state index in [1.807, 2.05) is 26.0 Å². The van der Waals surface area contributed by atoms with Gasteiger partial charge in [0.15, 0.2) is 0 Å². The molecule has 1 atom stereocenters. The summed E-state index contributed by atoms with van der Waals surface area (Å²) in [7, 11) is 5.86. The number of nitrogens with one attached hydrogen (secondary N) is 1. The van der Waals surface area contributed by atoms with Gasteiger partial charge in [0.25, 0.3) is 0 Å². The lowest BCUT2D eigenvalue weighted by atomic mass is 10.1. The van der Waals surface area contributed by atoms with Crippen molar-refractivity contribution >= 4 is 5.91 Å². The van der Waals surface area contributed by atoms with Gasteiger partial charge >= 0.3 is 0 Å². The van der Waals surface area contributed by atoms with Crippen molar-refractivity contribution in [2.45, 2.75) is 18.9 Å². The van der Waals surface area contributed by atoms with Gasteiger partial charge in [-0.05, 0) is 33.5 Å². The molecule has 0 saturated carbocycles. The topological polar surface area (TPSA) is 35.6 Å². The first-order valence-electron chi connectivity index (χ1n) is 5.26. The van der Waals surface area contributed by atoms with Crippen LogP contribution in [0.25, 0.3) is 0 Å². The number of carbonyl (C=O) groups is 1. The largest absolute Gasteiger partial charge is 0.344 e. The lowest BCUT2D eigenvalue weighted by Crippen LogP contribution is -2.44. The number of rotatable bonds is 3. The van der Waals surface area contributed by atoms with E-state index in [9.17, 15) is 4.79 Å². The third-order valence-corrected chi connectivity index (χ3v) is 2.87. The lowest BCUT2D eigenvalue weighted by Gasteiger charge is -2.26. The van der Waals surface area contributed by atoms with Crippen molar-refractivity contribution in [1.29, 1.82) is 0 Å². The number of carbonyl (C=O) groups excluding carboxylic acids is 1. The number of hydrogen-bond acceptors (Lipinski definition) is 3. The van der Waals surface area contributed by atoms with Gasteiger partial charge in [-0.1, -0.05) is 0 Å². The first-order valence-corrected chi connectivity index (χ1v) is 5.26. The van der Waals surface area contributed by atoms with Crippen molar-refractivity contribution in [2.24, 2.45) is 0 Å². The first kappa shape index (κ1) is 11.5. The van der Waals surface area contributed by atoms with Crippen LogP contribution in [0.15, 0.2) is 0 Å². The zero-order valence-electron chi connectivity index (χ0n) is 9.42. The summed E-state index contributed by atoms with van der Waals surface area (Å²) in [5.74, 6) is 0.264. The molecule has 0 radical (unpaired) electrons. The van der Waals surface area contributed by atoms with Gasteiger partial charge in [-0.2, -0.15) is 0 Å². The van der Waals surface area contributed by atoms with E-state index in [2.05, 4.69) is 10.2 Å². The van der Waals surface area contributed by atoms with Crippen LogP contribution < -0.4 is 5.32 Å². The van der Waals surface area contributed by atoms with Gasteiger partial charge in [-0.3, -0.25) is 9.69 Å². The predicted octanol–water partition coefficient (Wildman–Crippen LogP) is -0.242. The molecule has 0 aliphatic carbocycles. The van der Waals surface area contributed by atoms with Gasteiger partial charge < -0.3 is 10.2 Å². The third kappa shape index (κ3) is 2.69. The molecule has 0 aromatic carbocycles. The SMILES string of the molecule is CNCCC1C(=O)N(C)CCCN1C. The molecule has 1 amide bonds. The minimum Gasteiger partial charge on any atom is -0.344 e. The molecule has 4 heteroatoms. The molecule has 1 unspecified atom stereocenters. The van der Waals surface area contributed by atoms with E-state index in [0.717, 1.165) is 32.5 Å². The van der Waals surface area contributed by atoms with E-state index in [1.54, 1.807) is 0 Å². The van der Waals surface area contributed by atoms with Gasteiger partial charge in [0.05, 0.1) is 6.04 Å². The molecule has 82 valence electrons. The highest BCUT2D eigenvalue weighted by Crippen LogP contribution is 2.10. The summed E-state index contributed by atoms with van der Waals surface area (Å²) in [6, 6.07) is 0.0648. The fraction of sp³-hybridized carbons (Fsp3) is 0.900. The molecule has 1 N–H and O–H groups in total. The molecule has 0 spiro atoms. The molecule has 1 aliphatic rings. The van der Waals surface area contributed by atoms with Crippen molar-refractivity contribution < 1.29 is 4.79 Å². The Hall–Kier alpha value is -0.610.